The summed E-state index contributed by atoms with van der Waals surface area (Å²) in [6.45, 7) is 9.79. The summed E-state index contributed by atoms with van der Waals surface area (Å²) in [6.07, 6.45) is 3.11. The van der Waals surface area contributed by atoms with Crippen molar-refractivity contribution in [3.05, 3.63) is 36.0 Å². The fourth-order valence-electron chi connectivity index (χ4n) is 4.97. The number of likely N-dealkylation sites (tertiary alicyclic amines) is 2. The van der Waals surface area contributed by atoms with Crippen LogP contribution in [0.1, 0.15) is 51.8 Å². The molecule has 30 heavy (non-hydrogen) atoms. The normalized spacial score (nSPS) is 26.5. The molecule has 0 N–H and O–H groups in total. The van der Waals surface area contributed by atoms with Crippen molar-refractivity contribution in [2.24, 2.45) is 11.8 Å². The van der Waals surface area contributed by atoms with Gasteiger partial charge in [0.05, 0.1) is 12.0 Å². The molecule has 2 aliphatic rings. The fraction of sp³-hybridized carbons (Fsp3) is 0.609. The number of amides is 1. The molecule has 0 bridgehead atoms. The minimum atomic E-state index is -0.323. The van der Waals surface area contributed by atoms with Gasteiger partial charge >= 0.3 is 0 Å². The van der Waals surface area contributed by atoms with Gasteiger partial charge in [0.15, 0.2) is 0 Å². The highest BCUT2D eigenvalue weighted by molar-refractivity contribution is 5.81. The van der Waals surface area contributed by atoms with Crippen molar-refractivity contribution in [2.45, 2.75) is 52.0 Å². The Morgan fingerprint density at radius 3 is 2.73 bits per heavy atom. The van der Waals surface area contributed by atoms with E-state index in [0.29, 0.717) is 29.1 Å². The Bertz CT molecular complexity index is 876. The van der Waals surface area contributed by atoms with Crippen molar-refractivity contribution in [1.29, 1.82) is 0 Å². The fourth-order valence-corrected chi connectivity index (χ4v) is 4.97. The number of aromatic nitrogens is 2. The van der Waals surface area contributed by atoms with Gasteiger partial charge in [-0.15, -0.1) is 0 Å². The number of hydrogen-bond acceptors (Lipinski definition) is 5. The molecule has 0 radical (unpaired) electrons. The third-order valence-corrected chi connectivity index (χ3v) is 6.41. The minimum Gasteiger partial charge on any atom is -0.341 e. The largest absolute Gasteiger partial charge is 0.341 e. The lowest BCUT2D eigenvalue weighted by molar-refractivity contribution is -0.139. The van der Waals surface area contributed by atoms with Gasteiger partial charge in [-0.25, -0.2) is 4.39 Å². The third kappa shape index (κ3) is 4.56. The molecule has 2 fully saturated rings. The minimum absolute atomic E-state index is 0.0861. The first kappa shape index (κ1) is 21.0. The zero-order valence-electron chi connectivity index (χ0n) is 18.1. The molecule has 1 aromatic carbocycles. The summed E-state index contributed by atoms with van der Waals surface area (Å²) in [4.78, 5) is 22.0. The van der Waals surface area contributed by atoms with Crippen LogP contribution < -0.4 is 0 Å². The first-order chi connectivity index (χ1) is 14.4. The topological polar surface area (TPSA) is 62.5 Å². The second-order valence-electron chi connectivity index (χ2n) is 9.17. The summed E-state index contributed by atoms with van der Waals surface area (Å²) in [5.41, 5.74) is 0.606. The van der Waals surface area contributed by atoms with Gasteiger partial charge in [0, 0.05) is 25.2 Å². The van der Waals surface area contributed by atoms with Gasteiger partial charge in [0.1, 0.15) is 5.82 Å². The van der Waals surface area contributed by atoms with Crippen LogP contribution in [0.2, 0.25) is 0 Å². The van der Waals surface area contributed by atoms with Crippen molar-refractivity contribution >= 4 is 5.91 Å². The van der Waals surface area contributed by atoms with Gasteiger partial charge in [0.25, 0.3) is 0 Å². The Balaban J connectivity index is 1.42. The maximum atomic E-state index is 13.5. The Hall–Kier alpha value is -2.28. The average molecular weight is 415 g/mol. The van der Waals surface area contributed by atoms with E-state index in [4.69, 9.17) is 4.52 Å². The molecular weight excluding hydrogens is 383 g/mol. The van der Waals surface area contributed by atoms with Crippen molar-refractivity contribution in [1.82, 2.24) is 19.9 Å². The van der Waals surface area contributed by atoms with E-state index in [2.05, 4.69) is 28.9 Å². The van der Waals surface area contributed by atoms with E-state index in [-0.39, 0.29) is 23.7 Å². The lowest BCUT2D eigenvalue weighted by Gasteiger charge is -2.40. The van der Waals surface area contributed by atoms with Crippen LogP contribution in [0.3, 0.4) is 0 Å². The maximum Gasteiger partial charge on any atom is 0.239 e. The van der Waals surface area contributed by atoms with Crippen LogP contribution in [-0.2, 0) is 4.79 Å². The van der Waals surface area contributed by atoms with E-state index in [1.54, 1.807) is 12.1 Å². The van der Waals surface area contributed by atoms with Gasteiger partial charge < -0.3 is 9.42 Å². The zero-order chi connectivity index (χ0) is 21.3. The summed E-state index contributed by atoms with van der Waals surface area (Å²) in [5, 5.41) is 4.05. The average Bonchev–Trinajstić information content (AvgIpc) is 3.22. The standard InChI is InChI=1S/C23H31FN4O2/c1-15-10-16(2)13-28(12-15)23(29)17(3)27-9-5-7-19(14-27)22-25-21(26-30-22)18-6-4-8-20(24)11-18/h4,6,8,11,15-17,19H,5,7,9-10,12-14H2,1-3H3. The summed E-state index contributed by atoms with van der Waals surface area (Å²) >= 11 is 0. The van der Waals surface area contributed by atoms with Crippen LogP contribution in [-0.4, -0.2) is 58.1 Å². The monoisotopic (exact) mass is 414 g/mol. The van der Waals surface area contributed by atoms with Crippen molar-refractivity contribution < 1.29 is 13.7 Å². The van der Waals surface area contributed by atoms with Crippen LogP contribution in [0.15, 0.2) is 28.8 Å². The summed E-state index contributed by atoms with van der Waals surface area (Å²) in [6, 6.07) is 6.05. The first-order valence-corrected chi connectivity index (χ1v) is 11.0. The number of rotatable bonds is 4. The molecule has 4 atom stereocenters. The van der Waals surface area contributed by atoms with E-state index < -0.39 is 0 Å². The Kier molecular flexibility index (Phi) is 6.18. The number of piperidine rings is 2. The van der Waals surface area contributed by atoms with Crippen molar-refractivity contribution in [3.63, 3.8) is 0 Å². The second-order valence-corrected chi connectivity index (χ2v) is 9.17. The molecule has 4 unspecified atom stereocenters. The lowest BCUT2D eigenvalue weighted by atomic mass is 9.91. The molecule has 4 rings (SSSR count). The maximum absolute atomic E-state index is 13.5. The highest BCUT2D eigenvalue weighted by Gasteiger charge is 2.34. The van der Waals surface area contributed by atoms with Crippen LogP contribution in [0.4, 0.5) is 4.39 Å². The predicted molar refractivity (Wildman–Crippen MR) is 112 cm³/mol. The van der Waals surface area contributed by atoms with Gasteiger partial charge in [-0.3, -0.25) is 9.69 Å². The zero-order valence-corrected chi connectivity index (χ0v) is 18.1. The Labute approximate surface area is 177 Å². The molecule has 2 aliphatic heterocycles. The number of carbonyl (C=O) groups is 1. The van der Waals surface area contributed by atoms with E-state index in [1.165, 1.54) is 18.6 Å². The molecule has 6 nitrogen and oxygen atoms in total. The predicted octanol–water partition coefficient (Wildman–Crippen LogP) is 3.95. The summed E-state index contributed by atoms with van der Waals surface area (Å²) in [5.74, 6) is 2.07. The summed E-state index contributed by atoms with van der Waals surface area (Å²) < 4.78 is 19.0. The van der Waals surface area contributed by atoms with Gasteiger partial charge in [-0.05, 0) is 56.7 Å². The molecule has 2 saturated heterocycles. The lowest BCUT2D eigenvalue weighted by Crippen LogP contribution is -2.53. The van der Waals surface area contributed by atoms with E-state index in [0.717, 1.165) is 39.0 Å². The van der Waals surface area contributed by atoms with E-state index in [9.17, 15) is 9.18 Å². The number of benzene rings is 1. The highest BCUT2D eigenvalue weighted by Crippen LogP contribution is 2.29. The van der Waals surface area contributed by atoms with Crippen LogP contribution in [0.5, 0.6) is 0 Å². The van der Waals surface area contributed by atoms with Gasteiger partial charge in [0.2, 0.25) is 17.6 Å². The number of nitrogens with zero attached hydrogens (tertiary/aromatic N) is 4. The smallest absolute Gasteiger partial charge is 0.239 e. The quantitative estimate of drug-likeness (QED) is 0.758. The van der Waals surface area contributed by atoms with Gasteiger partial charge in [-0.2, -0.15) is 4.98 Å². The van der Waals surface area contributed by atoms with Crippen molar-refractivity contribution in [3.8, 4) is 11.4 Å². The van der Waals surface area contributed by atoms with Crippen LogP contribution >= 0.6 is 0 Å². The molecule has 1 aromatic heterocycles. The number of halogens is 1. The number of carbonyl (C=O) groups excluding carboxylic acids is 1. The summed E-state index contributed by atoms with van der Waals surface area (Å²) in [7, 11) is 0. The first-order valence-electron chi connectivity index (χ1n) is 11.0. The van der Waals surface area contributed by atoms with Gasteiger partial charge in [-0.1, -0.05) is 31.1 Å². The third-order valence-electron chi connectivity index (χ3n) is 6.41. The molecule has 7 heteroatoms. The Morgan fingerprint density at radius 1 is 1.23 bits per heavy atom. The van der Waals surface area contributed by atoms with E-state index in [1.807, 2.05) is 11.8 Å². The molecule has 162 valence electrons. The molecular formula is C23H31FN4O2. The van der Waals surface area contributed by atoms with Crippen molar-refractivity contribution in [2.75, 3.05) is 26.2 Å². The second kappa shape index (κ2) is 8.84. The molecule has 1 amide bonds. The SMILES string of the molecule is CC1CC(C)CN(C(=O)C(C)N2CCCC(c3nc(-c4cccc(F)c4)no3)C2)C1. The number of hydrogen-bond donors (Lipinski definition) is 0. The van der Waals surface area contributed by atoms with Crippen LogP contribution in [0.25, 0.3) is 11.4 Å². The molecule has 0 saturated carbocycles. The highest BCUT2D eigenvalue weighted by atomic mass is 19.1. The molecule has 0 aliphatic carbocycles. The van der Waals surface area contributed by atoms with E-state index >= 15 is 0 Å². The van der Waals surface area contributed by atoms with Crippen LogP contribution in [0, 0.1) is 17.7 Å². The molecule has 3 heterocycles. The molecule has 0 spiro atoms. The Morgan fingerprint density at radius 2 is 2.00 bits per heavy atom. The molecule has 2 aromatic rings.